The summed E-state index contributed by atoms with van der Waals surface area (Å²) < 4.78 is 1.37. The second-order valence-electron chi connectivity index (χ2n) is 9.53. The molecule has 13 heteroatoms. The molecule has 2 aliphatic rings. The third kappa shape index (κ3) is 5.13. The molecule has 1 atom stereocenters. The van der Waals surface area contributed by atoms with Crippen molar-refractivity contribution >= 4 is 72.3 Å². The van der Waals surface area contributed by atoms with Crippen molar-refractivity contribution < 1.29 is 9.59 Å². The van der Waals surface area contributed by atoms with Gasteiger partial charge >= 0.3 is 0 Å². The highest BCUT2D eigenvalue weighted by atomic mass is 79.9. The first kappa shape index (κ1) is 26.6. The van der Waals surface area contributed by atoms with Gasteiger partial charge in [-0.05, 0) is 23.5 Å². The van der Waals surface area contributed by atoms with Gasteiger partial charge in [0.25, 0.3) is 0 Å². The number of allylic oxidation sites excluding steroid dienone is 3. The van der Waals surface area contributed by atoms with Crippen molar-refractivity contribution in [2.45, 2.75) is 36.9 Å². The molecule has 1 aliphatic carbocycles. The molecule has 0 fully saturated rings. The van der Waals surface area contributed by atoms with Crippen molar-refractivity contribution in [3.8, 4) is 6.07 Å². The number of nitrogens with two attached hydrogens (primary N) is 1. The first-order valence-corrected chi connectivity index (χ1v) is 15.0. The normalized spacial score (nSPS) is 18.8. The fourth-order valence-corrected chi connectivity index (χ4v) is 7.41. The van der Waals surface area contributed by atoms with Gasteiger partial charge in [0.15, 0.2) is 15.3 Å². The minimum Gasteiger partial charge on any atom is -0.384 e. The van der Waals surface area contributed by atoms with Crippen LogP contribution in [0, 0.1) is 16.7 Å². The number of rotatable bonds is 6. The number of Topliss-reactive ketones (excluding diaryl/α,β-unsaturated/α-hetero) is 1. The highest BCUT2D eigenvalue weighted by Gasteiger charge is 2.45. The number of halogens is 1. The van der Waals surface area contributed by atoms with Crippen molar-refractivity contribution in [1.82, 2.24) is 15.2 Å². The molecular weight excluding hydrogens is 606 g/mol. The van der Waals surface area contributed by atoms with Crippen molar-refractivity contribution in [1.29, 1.82) is 5.26 Å². The molecule has 0 saturated carbocycles. The van der Waals surface area contributed by atoms with Crippen LogP contribution in [-0.2, 0) is 9.59 Å². The van der Waals surface area contributed by atoms with E-state index in [1.54, 1.807) is 16.5 Å². The SMILES string of the molecule is CC1(C)CC(=O)C2=C(C1)N(c1nnc(SCC(=O)Nc3nccs3)s1)C(N)=C(C#N)C2c1ccccc1Br. The Morgan fingerprint density at radius 2 is 2.13 bits per heavy atom. The van der Waals surface area contributed by atoms with E-state index in [9.17, 15) is 14.9 Å². The van der Waals surface area contributed by atoms with E-state index < -0.39 is 5.92 Å². The number of aromatic nitrogens is 3. The van der Waals surface area contributed by atoms with Gasteiger partial charge < -0.3 is 11.1 Å². The molecule has 0 saturated heterocycles. The molecule has 38 heavy (non-hydrogen) atoms. The van der Waals surface area contributed by atoms with E-state index in [0.29, 0.717) is 33.0 Å². The Hall–Kier alpha value is -3.05. The van der Waals surface area contributed by atoms with Crippen LogP contribution in [0.3, 0.4) is 0 Å². The fourth-order valence-electron chi connectivity index (χ4n) is 4.67. The second kappa shape index (κ2) is 10.6. The second-order valence-corrected chi connectivity index (χ2v) is 13.5. The van der Waals surface area contributed by atoms with Crippen LogP contribution < -0.4 is 16.0 Å². The molecule has 3 N–H and O–H groups in total. The monoisotopic (exact) mass is 627 g/mol. The van der Waals surface area contributed by atoms with Crippen LogP contribution in [-0.4, -0.2) is 32.6 Å². The lowest BCUT2D eigenvalue weighted by molar-refractivity contribution is -0.118. The van der Waals surface area contributed by atoms with Gasteiger partial charge in [0.1, 0.15) is 5.82 Å². The number of thiazole rings is 1. The fraction of sp³-hybridized carbons (Fsp3) is 0.280. The smallest absolute Gasteiger partial charge is 0.236 e. The Morgan fingerprint density at radius 3 is 2.84 bits per heavy atom. The van der Waals surface area contributed by atoms with Gasteiger partial charge in [-0.3, -0.25) is 14.5 Å². The van der Waals surface area contributed by atoms with Gasteiger partial charge in [-0.2, -0.15) is 5.26 Å². The summed E-state index contributed by atoms with van der Waals surface area (Å²) in [5.74, 6) is -0.438. The summed E-state index contributed by atoms with van der Waals surface area (Å²) in [7, 11) is 0. The van der Waals surface area contributed by atoms with E-state index in [2.05, 4.69) is 42.5 Å². The van der Waals surface area contributed by atoms with Crippen molar-refractivity contribution in [3.05, 3.63) is 68.5 Å². The average Bonchev–Trinajstić information content (AvgIpc) is 3.54. The van der Waals surface area contributed by atoms with Crippen LogP contribution in [0.2, 0.25) is 0 Å². The van der Waals surface area contributed by atoms with Crippen LogP contribution >= 0.6 is 50.4 Å². The molecule has 2 aromatic heterocycles. The average molecular weight is 629 g/mol. The number of benzene rings is 1. The summed E-state index contributed by atoms with van der Waals surface area (Å²) in [5.41, 5.74) is 8.78. The molecule has 0 spiro atoms. The Kier molecular flexibility index (Phi) is 7.41. The lowest BCUT2D eigenvalue weighted by Crippen LogP contribution is -2.42. The molecule has 194 valence electrons. The number of nitrogens with one attached hydrogen (secondary N) is 1. The van der Waals surface area contributed by atoms with E-state index in [1.165, 1.54) is 34.4 Å². The summed E-state index contributed by atoms with van der Waals surface area (Å²) in [6, 6.07) is 9.84. The minimum absolute atomic E-state index is 0.0137. The molecule has 5 rings (SSSR count). The van der Waals surface area contributed by atoms with Gasteiger partial charge in [0.05, 0.1) is 23.3 Å². The molecule has 3 aromatic rings. The number of carbonyl (C=O) groups is 2. The van der Waals surface area contributed by atoms with Gasteiger partial charge in [0, 0.05) is 33.7 Å². The molecule has 0 radical (unpaired) electrons. The zero-order valence-electron chi connectivity index (χ0n) is 20.4. The molecule has 3 heterocycles. The maximum Gasteiger partial charge on any atom is 0.236 e. The number of nitrogens with zero attached hydrogens (tertiary/aromatic N) is 5. The zero-order chi connectivity index (χ0) is 27.0. The van der Waals surface area contributed by atoms with Gasteiger partial charge in [-0.15, -0.1) is 21.5 Å². The van der Waals surface area contributed by atoms with Gasteiger partial charge in [0.2, 0.25) is 11.0 Å². The lowest BCUT2D eigenvalue weighted by Gasteiger charge is -2.42. The number of carbonyl (C=O) groups excluding carboxylic acids is 2. The van der Waals surface area contributed by atoms with Gasteiger partial charge in [-0.25, -0.2) is 4.98 Å². The Labute approximate surface area is 240 Å². The highest BCUT2D eigenvalue weighted by molar-refractivity contribution is 9.10. The Morgan fingerprint density at radius 1 is 1.34 bits per heavy atom. The maximum absolute atomic E-state index is 13.6. The number of nitriles is 1. The Balaban J connectivity index is 1.51. The molecule has 1 aromatic carbocycles. The third-order valence-electron chi connectivity index (χ3n) is 6.19. The van der Waals surface area contributed by atoms with Crippen molar-refractivity contribution in [2.75, 3.05) is 16.0 Å². The predicted molar refractivity (Wildman–Crippen MR) is 153 cm³/mol. The number of hydrogen-bond donors (Lipinski definition) is 2. The molecule has 9 nitrogen and oxygen atoms in total. The maximum atomic E-state index is 13.6. The molecule has 1 amide bonds. The summed E-state index contributed by atoms with van der Waals surface area (Å²) >= 11 is 7.44. The summed E-state index contributed by atoms with van der Waals surface area (Å²) in [6.45, 7) is 4.09. The first-order valence-electron chi connectivity index (χ1n) is 11.5. The third-order valence-corrected chi connectivity index (χ3v) is 9.64. The topological polar surface area (TPSA) is 138 Å². The molecular formula is C25H22BrN7O2S3. The van der Waals surface area contributed by atoms with Crippen LogP contribution in [0.15, 0.2) is 67.3 Å². The molecule has 1 unspecified atom stereocenters. The zero-order valence-corrected chi connectivity index (χ0v) is 24.4. The summed E-state index contributed by atoms with van der Waals surface area (Å²) in [4.78, 5) is 31.7. The van der Waals surface area contributed by atoms with Crippen LogP contribution in [0.25, 0.3) is 0 Å². The van der Waals surface area contributed by atoms with E-state index in [4.69, 9.17) is 5.73 Å². The lowest BCUT2D eigenvalue weighted by atomic mass is 9.69. The number of hydrogen-bond acceptors (Lipinski definition) is 11. The first-order chi connectivity index (χ1) is 18.2. The van der Waals surface area contributed by atoms with Crippen molar-refractivity contribution in [3.63, 3.8) is 0 Å². The molecule has 1 aliphatic heterocycles. The standard InChI is InChI=1S/C25H22BrN7O2S3/c1-25(2)9-16-20(17(34)10-25)19(13-5-3-4-6-15(13)26)14(11-27)21(28)33(16)23-31-32-24(38-23)37-12-18(35)30-22-29-7-8-36-22/h3-8,19H,9-10,12,28H2,1-2H3,(H,29,30,35). The largest absolute Gasteiger partial charge is 0.384 e. The summed E-state index contributed by atoms with van der Waals surface area (Å²) in [5, 5.41) is 24.3. The quantitative estimate of drug-likeness (QED) is 0.342. The van der Waals surface area contributed by atoms with Crippen molar-refractivity contribution in [2.24, 2.45) is 11.1 Å². The van der Waals surface area contributed by atoms with E-state index in [-0.39, 0.29) is 34.3 Å². The van der Waals surface area contributed by atoms with Gasteiger partial charge in [-0.1, -0.05) is 71.1 Å². The summed E-state index contributed by atoms with van der Waals surface area (Å²) in [6.07, 6.45) is 2.56. The van der Waals surface area contributed by atoms with Crippen LogP contribution in [0.5, 0.6) is 0 Å². The number of anilines is 2. The van der Waals surface area contributed by atoms with E-state index in [1.807, 2.05) is 38.1 Å². The Bertz CT molecular complexity index is 1520. The van der Waals surface area contributed by atoms with E-state index in [0.717, 1.165) is 15.7 Å². The minimum atomic E-state index is -0.582. The highest BCUT2D eigenvalue weighted by Crippen LogP contribution is 2.51. The number of ketones is 1. The van der Waals surface area contributed by atoms with Crippen LogP contribution in [0.1, 0.15) is 38.2 Å². The molecule has 0 bridgehead atoms. The van der Waals surface area contributed by atoms with E-state index >= 15 is 0 Å². The predicted octanol–water partition coefficient (Wildman–Crippen LogP) is 5.43. The van der Waals surface area contributed by atoms with Crippen LogP contribution in [0.4, 0.5) is 10.3 Å². The number of amides is 1. The number of thioether (sulfide) groups is 1.